The van der Waals surface area contributed by atoms with E-state index in [0.717, 1.165) is 5.01 Å². The summed E-state index contributed by atoms with van der Waals surface area (Å²) in [5, 5.41) is 16.2. The highest BCUT2D eigenvalue weighted by Crippen LogP contribution is 2.23. The molecular weight excluding hydrogens is 314 g/mol. The van der Waals surface area contributed by atoms with E-state index < -0.39 is 4.92 Å². The molecule has 0 aliphatic carbocycles. The second kappa shape index (κ2) is 6.64. The molecule has 0 fully saturated rings. The first-order valence-corrected chi connectivity index (χ1v) is 7.36. The minimum atomic E-state index is -0.557. The quantitative estimate of drug-likeness (QED) is 0.675. The molecule has 1 aromatic heterocycles. The highest BCUT2D eigenvalue weighted by Gasteiger charge is 2.16. The van der Waals surface area contributed by atoms with Crippen molar-refractivity contribution in [2.45, 2.75) is 12.8 Å². The summed E-state index contributed by atoms with van der Waals surface area (Å²) in [6, 6.07) is 3.77. The molecular formula is C13H12ClN3O3S. The fourth-order valence-electron chi connectivity index (χ4n) is 1.71. The largest absolute Gasteiger partial charge is 0.351 e. The number of carbonyl (C=O) groups excluding carboxylic acids is 1. The van der Waals surface area contributed by atoms with Gasteiger partial charge in [0.2, 0.25) is 0 Å². The molecule has 6 nitrogen and oxygen atoms in total. The minimum Gasteiger partial charge on any atom is -0.351 e. The van der Waals surface area contributed by atoms with Crippen LogP contribution in [0.25, 0.3) is 0 Å². The van der Waals surface area contributed by atoms with Gasteiger partial charge < -0.3 is 5.32 Å². The van der Waals surface area contributed by atoms with E-state index in [1.807, 2.05) is 12.3 Å². The molecule has 1 unspecified atom stereocenters. The number of rotatable bonds is 5. The highest BCUT2D eigenvalue weighted by molar-refractivity contribution is 7.09. The molecule has 0 spiro atoms. The third-order valence-electron chi connectivity index (χ3n) is 2.85. The lowest BCUT2D eigenvalue weighted by Gasteiger charge is -2.10. The molecule has 0 radical (unpaired) electrons. The van der Waals surface area contributed by atoms with Gasteiger partial charge in [-0.2, -0.15) is 0 Å². The van der Waals surface area contributed by atoms with Gasteiger partial charge in [0.15, 0.2) is 0 Å². The maximum Gasteiger partial charge on any atom is 0.270 e. The average Bonchev–Trinajstić information content (AvgIpc) is 2.98. The molecule has 21 heavy (non-hydrogen) atoms. The number of nitro benzene ring substituents is 1. The van der Waals surface area contributed by atoms with Crippen LogP contribution >= 0.6 is 22.9 Å². The van der Waals surface area contributed by atoms with Crippen LogP contribution in [-0.2, 0) is 0 Å². The van der Waals surface area contributed by atoms with E-state index >= 15 is 0 Å². The zero-order valence-electron chi connectivity index (χ0n) is 11.1. The number of hydrogen-bond acceptors (Lipinski definition) is 5. The van der Waals surface area contributed by atoms with Crippen molar-refractivity contribution in [3.05, 3.63) is 55.5 Å². The van der Waals surface area contributed by atoms with Gasteiger partial charge in [0.1, 0.15) is 0 Å². The van der Waals surface area contributed by atoms with E-state index in [2.05, 4.69) is 10.3 Å². The van der Waals surface area contributed by atoms with Crippen LogP contribution in [-0.4, -0.2) is 22.4 Å². The highest BCUT2D eigenvalue weighted by atomic mass is 35.5. The van der Waals surface area contributed by atoms with Crippen LogP contribution in [0.1, 0.15) is 28.2 Å². The lowest BCUT2D eigenvalue weighted by molar-refractivity contribution is -0.384. The van der Waals surface area contributed by atoms with Crippen molar-refractivity contribution in [1.82, 2.24) is 10.3 Å². The molecule has 2 rings (SSSR count). The number of thiazole rings is 1. The van der Waals surface area contributed by atoms with E-state index in [1.165, 1.54) is 29.5 Å². The first-order valence-electron chi connectivity index (χ1n) is 6.10. The second-order valence-corrected chi connectivity index (χ2v) is 5.74. The lowest BCUT2D eigenvalue weighted by Crippen LogP contribution is -2.27. The molecule has 1 N–H and O–H groups in total. The smallest absolute Gasteiger partial charge is 0.270 e. The molecule has 1 aromatic carbocycles. The number of hydrogen-bond donors (Lipinski definition) is 1. The van der Waals surface area contributed by atoms with Gasteiger partial charge in [-0.25, -0.2) is 4.98 Å². The van der Waals surface area contributed by atoms with Crippen LogP contribution < -0.4 is 5.32 Å². The maximum absolute atomic E-state index is 12.0. The number of carbonyl (C=O) groups is 1. The van der Waals surface area contributed by atoms with E-state index in [-0.39, 0.29) is 28.1 Å². The van der Waals surface area contributed by atoms with Gasteiger partial charge in [-0.1, -0.05) is 18.5 Å². The summed E-state index contributed by atoms with van der Waals surface area (Å²) in [6.07, 6.45) is 1.71. The number of amides is 1. The Morgan fingerprint density at radius 2 is 2.33 bits per heavy atom. The standard InChI is InChI=1S/C13H12ClN3O3S/c1-8(13-15-4-5-21-13)7-16-12(18)10-3-2-9(17(19)20)6-11(10)14/h2-6,8H,7H2,1H3,(H,16,18). The minimum absolute atomic E-state index is 0.0589. The average molecular weight is 326 g/mol. The van der Waals surface area contributed by atoms with Crippen molar-refractivity contribution in [2.24, 2.45) is 0 Å². The number of aromatic nitrogens is 1. The van der Waals surface area contributed by atoms with Crippen LogP contribution in [0.15, 0.2) is 29.8 Å². The fourth-order valence-corrected chi connectivity index (χ4v) is 2.67. The Kier molecular flexibility index (Phi) is 4.87. The van der Waals surface area contributed by atoms with Gasteiger partial charge in [0.25, 0.3) is 11.6 Å². The summed E-state index contributed by atoms with van der Waals surface area (Å²) >= 11 is 7.43. The van der Waals surface area contributed by atoms with Crippen LogP contribution in [0.4, 0.5) is 5.69 Å². The van der Waals surface area contributed by atoms with Crippen molar-refractivity contribution in [1.29, 1.82) is 0 Å². The van der Waals surface area contributed by atoms with Gasteiger partial charge in [0, 0.05) is 36.2 Å². The fraction of sp³-hybridized carbons (Fsp3) is 0.231. The summed E-state index contributed by atoms with van der Waals surface area (Å²) in [7, 11) is 0. The molecule has 0 aliphatic rings. The van der Waals surface area contributed by atoms with Crippen molar-refractivity contribution >= 4 is 34.5 Å². The topological polar surface area (TPSA) is 85.1 Å². The van der Waals surface area contributed by atoms with Crippen molar-refractivity contribution in [3.8, 4) is 0 Å². The Morgan fingerprint density at radius 3 is 2.90 bits per heavy atom. The molecule has 0 aliphatic heterocycles. The first-order chi connectivity index (χ1) is 9.99. The monoisotopic (exact) mass is 325 g/mol. The normalized spacial score (nSPS) is 11.9. The van der Waals surface area contributed by atoms with Crippen LogP contribution in [0, 0.1) is 10.1 Å². The molecule has 110 valence electrons. The van der Waals surface area contributed by atoms with Crippen LogP contribution in [0.2, 0.25) is 5.02 Å². The molecule has 2 aromatic rings. The van der Waals surface area contributed by atoms with Crippen LogP contribution in [0.3, 0.4) is 0 Å². The maximum atomic E-state index is 12.0. The summed E-state index contributed by atoms with van der Waals surface area (Å²) in [4.78, 5) is 26.3. The lowest BCUT2D eigenvalue weighted by atomic mass is 10.1. The molecule has 0 saturated heterocycles. The molecule has 1 atom stereocenters. The Hall–Kier alpha value is -1.99. The van der Waals surface area contributed by atoms with E-state index in [4.69, 9.17) is 11.6 Å². The summed E-state index contributed by atoms with van der Waals surface area (Å²) < 4.78 is 0. The van der Waals surface area contributed by atoms with Crippen LogP contribution in [0.5, 0.6) is 0 Å². The predicted octanol–water partition coefficient (Wildman–Crippen LogP) is 3.24. The number of non-ortho nitro benzene ring substituents is 1. The zero-order valence-corrected chi connectivity index (χ0v) is 12.6. The number of halogens is 1. The van der Waals surface area contributed by atoms with E-state index in [9.17, 15) is 14.9 Å². The van der Waals surface area contributed by atoms with Gasteiger partial charge >= 0.3 is 0 Å². The van der Waals surface area contributed by atoms with Gasteiger partial charge in [-0.3, -0.25) is 14.9 Å². The number of nitrogens with one attached hydrogen (secondary N) is 1. The third-order valence-corrected chi connectivity index (χ3v) is 4.17. The van der Waals surface area contributed by atoms with Gasteiger partial charge in [-0.05, 0) is 6.07 Å². The van der Waals surface area contributed by atoms with Gasteiger partial charge in [0.05, 0.1) is 20.5 Å². The Balaban J connectivity index is 2.02. The van der Waals surface area contributed by atoms with Gasteiger partial charge in [-0.15, -0.1) is 11.3 Å². The van der Waals surface area contributed by atoms with Crippen molar-refractivity contribution in [2.75, 3.05) is 6.54 Å². The number of nitro groups is 1. The SMILES string of the molecule is CC(CNC(=O)c1ccc([N+](=O)[O-])cc1Cl)c1nccs1. The van der Waals surface area contributed by atoms with E-state index in [1.54, 1.807) is 6.20 Å². The number of benzene rings is 1. The summed E-state index contributed by atoms with van der Waals surface area (Å²) in [6.45, 7) is 2.37. The molecule has 8 heteroatoms. The van der Waals surface area contributed by atoms with Crippen molar-refractivity contribution < 1.29 is 9.72 Å². The Morgan fingerprint density at radius 1 is 1.57 bits per heavy atom. The Bertz CT molecular complexity index is 661. The van der Waals surface area contributed by atoms with Crippen molar-refractivity contribution in [3.63, 3.8) is 0 Å². The first kappa shape index (κ1) is 15.4. The molecule has 1 amide bonds. The molecule has 0 saturated carbocycles. The molecule has 0 bridgehead atoms. The predicted molar refractivity (Wildman–Crippen MR) is 81.0 cm³/mol. The second-order valence-electron chi connectivity index (χ2n) is 4.40. The zero-order chi connectivity index (χ0) is 15.4. The van der Waals surface area contributed by atoms with E-state index in [0.29, 0.717) is 6.54 Å². The third kappa shape index (κ3) is 3.77. The molecule has 1 heterocycles. The Labute approximate surface area is 129 Å². The summed E-state index contributed by atoms with van der Waals surface area (Å²) in [5.74, 6) is -0.274. The summed E-state index contributed by atoms with van der Waals surface area (Å²) in [5.41, 5.74) is 0.0707. The number of nitrogens with zero attached hydrogens (tertiary/aromatic N) is 2.